The van der Waals surface area contributed by atoms with Gasteiger partial charge in [0.05, 0.1) is 16.7 Å². The molecule has 0 radical (unpaired) electrons. The maximum atomic E-state index is 6.66. The van der Waals surface area contributed by atoms with Gasteiger partial charge in [0.1, 0.15) is 0 Å². The number of para-hydroxylation sites is 1. The van der Waals surface area contributed by atoms with Gasteiger partial charge in [0, 0.05) is 41.2 Å². The summed E-state index contributed by atoms with van der Waals surface area (Å²) in [5.41, 5.74) is 2.80. The van der Waals surface area contributed by atoms with E-state index in [1.807, 2.05) is 11.8 Å². The van der Waals surface area contributed by atoms with Crippen molar-refractivity contribution in [2.45, 2.75) is 68.7 Å². The Morgan fingerprint density at radius 2 is 1.88 bits per heavy atom. The molecule has 1 saturated heterocycles. The summed E-state index contributed by atoms with van der Waals surface area (Å²) in [7, 11) is 2.22. The van der Waals surface area contributed by atoms with E-state index in [-0.39, 0.29) is 5.60 Å². The van der Waals surface area contributed by atoms with Crippen molar-refractivity contribution in [1.29, 1.82) is 0 Å². The number of thioether (sulfide) groups is 1. The molecular formula is C21H28N2OS. The lowest BCUT2D eigenvalue weighted by atomic mass is 9.82. The largest absolute Gasteiger partial charge is 0.339 e. The Labute approximate surface area is 154 Å². The molecular weight excluding hydrogens is 328 g/mol. The molecule has 1 aromatic heterocycles. The van der Waals surface area contributed by atoms with E-state index >= 15 is 0 Å². The van der Waals surface area contributed by atoms with Crippen LogP contribution in [0.4, 0.5) is 0 Å². The molecule has 2 aliphatic heterocycles. The number of aromatic nitrogens is 1. The van der Waals surface area contributed by atoms with E-state index in [9.17, 15) is 0 Å². The number of hydrogen-bond donors (Lipinski definition) is 0. The minimum Gasteiger partial charge on any atom is -0.339 e. The van der Waals surface area contributed by atoms with Crippen LogP contribution < -0.4 is 0 Å². The predicted octanol–water partition coefficient (Wildman–Crippen LogP) is 5.30. The summed E-state index contributed by atoms with van der Waals surface area (Å²) in [6.07, 6.45) is 6.65. The fraction of sp³-hybridized carbons (Fsp3) is 0.619. The second-order valence-corrected chi connectivity index (χ2v) is 9.51. The van der Waals surface area contributed by atoms with Crippen LogP contribution in [0.2, 0.25) is 0 Å². The molecule has 1 aliphatic carbocycles. The van der Waals surface area contributed by atoms with Crippen LogP contribution in [0.5, 0.6) is 0 Å². The molecule has 2 fully saturated rings. The summed E-state index contributed by atoms with van der Waals surface area (Å²) in [6.45, 7) is 4.59. The molecule has 3 heterocycles. The molecule has 0 N–H and O–H groups in total. The van der Waals surface area contributed by atoms with Crippen molar-refractivity contribution >= 4 is 22.7 Å². The van der Waals surface area contributed by atoms with Crippen LogP contribution in [0.15, 0.2) is 29.3 Å². The third-order valence-corrected chi connectivity index (χ3v) is 7.90. The Balaban J connectivity index is 1.67. The minimum atomic E-state index is -0.0796. The number of hydrogen-bond acceptors (Lipinski definition) is 3. The SMILES string of the molecule is Cn1c2c(c3ccccc31)[C@@H]1[C@@H](CS2)C(C)(C)ON1C1CCCCC1. The molecule has 2 aromatic rings. The van der Waals surface area contributed by atoms with Gasteiger partial charge in [-0.1, -0.05) is 37.5 Å². The molecule has 0 amide bonds. The van der Waals surface area contributed by atoms with Crippen LogP contribution in [0.3, 0.4) is 0 Å². The Bertz CT molecular complexity index is 806. The number of hydroxylamine groups is 2. The van der Waals surface area contributed by atoms with Crippen LogP contribution in [-0.2, 0) is 11.9 Å². The van der Waals surface area contributed by atoms with Gasteiger partial charge in [0.2, 0.25) is 0 Å². The van der Waals surface area contributed by atoms with Crippen LogP contribution in [-0.4, -0.2) is 27.0 Å². The Kier molecular flexibility index (Phi) is 3.74. The molecule has 1 saturated carbocycles. The number of rotatable bonds is 1. The second-order valence-electron chi connectivity index (χ2n) is 8.50. The van der Waals surface area contributed by atoms with Crippen LogP contribution in [0.25, 0.3) is 10.9 Å². The molecule has 1 aromatic carbocycles. The average molecular weight is 357 g/mol. The van der Waals surface area contributed by atoms with E-state index < -0.39 is 0 Å². The topological polar surface area (TPSA) is 17.4 Å². The first-order valence-corrected chi connectivity index (χ1v) is 10.7. The summed E-state index contributed by atoms with van der Waals surface area (Å²) in [5, 5.41) is 5.31. The lowest BCUT2D eigenvalue weighted by Gasteiger charge is -2.36. The van der Waals surface area contributed by atoms with Crippen molar-refractivity contribution in [3.8, 4) is 0 Å². The molecule has 3 nitrogen and oxygen atoms in total. The van der Waals surface area contributed by atoms with Gasteiger partial charge in [-0.15, -0.1) is 11.8 Å². The molecule has 134 valence electrons. The van der Waals surface area contributed by atoms with Crippen molar-refractivity contribution < 1.29 is 4.84 Å². The van der Waals surface area contributed by atoms with Crippen molar-refractivity contribution in [2.75, 3.05) is 5.75 Å². The van der Waals surface area contributed by atoms with E-state index in [1.54, 1.807) is 0 Å². The summed E-state index contributed by atoms with van der Waals surface area (Å²) in [4.78, 5) is 6.66. The van der Waals surface area contributed by atoms with Crippen molar-refractivity contribution in [3.05, 3.63) is 29.8 Å². The Hall–Kier alpha value is -0.970. The minimum absolute atomic E-state index is 0.0796. The van der Waals surface area contributed by atoms with Crippen LogP contribution in [0.1, 0.15) is 57.6 Å². The van der Waals surface area contributed by atoms with Crippen molar-refractivity contribution in [1.82, 2.24) is 9.63 Å². The lowest BCUT2D eigenvalue weighted by Crippen LogP contribution is -2.37. The normalized spacial score (nSPS) is 29.7. The predicted molar refractivity (Wildman–Crippen MR) is 104 cm³/mol. The summed E-state index contributed by atoms with van der Waals surface area (Å²) in [6, 6.07) is 9.89. The third-order valence-electron chi connectivity index (χ3n) is 6.61. The quantitative estimate of drug-likeness (QED) is 0.690. The van der Waals surface area contributed by atoms with Gasteiger partial charge < -0.3 is 4.57 Å². The molecule has 3 aliphatic rings. The van der Waals surface area contributed by atoms with E-state index in [2.05, 4.69) is 54.8 Å². The molecule has 2 atom stereocenters. The van der Waals surface area contributed by atoms with E-state index in [0.717, 1.165) is 5.75 Å². The highest BCUT2D eigenvalue weighted by atomic mass is 32.2. The highest BCUT2D eigenvalue weighted by Gasteiger charge is 2.54. The fourth-order valence-electron chi connectivity index (χ4n) is 5.24. The number of nitrogens with zero attached hydrogens (tertiary/aromatic N) is 2. The molecule has 0 bridgehead atoms. The monoisotopic (exact) mass is 356 g/mol. The summed E-state index contributed by atoms with van der Waals surface area (Å²) < 4.78 is 2.40. The Morgan fingerprint density at radius 3 is 2.68 bits per heavy atom. The molecule has 5 rings (SSSR count). The van der Waals surface area contributed by atoms with Gasteiger partial charge in [-0.3, -0.25) is 4.84 Å². The van der Waals surface area contributed by atoms with Crippen LogP contribution in [0, 0.1) is 5.92 Å². The van der Waals surface area contributed by atoms with Crippen molar-refractivity contribution in [3.63, 3.8) is 0 Å². The lowest BCUT2D eigenvalue weighted by molar-refractivity contribution is -0.223. The van der Waals surface area contributed by atoms with Gasteiger partial charge in [-0.25, -0.2) is 0 Å². The zero-order valence-electron chi connectivity index (χ0n) is 15.5. The highest BCUT2D eigenvalue weighted by molar-refractivity contribution is 7.99. The van der Waals surface area contributed by atoms with Crippen molar-refractivity contribution in [2.24, 2.45) is 13.0 Å². The Morgan fingerprint density at radius 1 is 1.12 bits per heavy atom. The molecule has 0 unspecified atom stereocenters. The smallest absolute Gasteiger partial charge is 0.0899 e. The maximum absolute atomic E-state index is 6.66. The maximum Gasteiger partial charge on any atom is 0.0899 e. The third kappa shape index (κ3) is 2.34. The van der Waals surface area contributed by atoms with E-state index in [4.69, 9.17) is 4.84 Å². The second kappa shape index (κ2) is 5.77. The zero-order valence-corrected chi connectivity index (χ0v) is 16.3. The molecule has 25 heavy (non-hydrogen) atoms. The van der Waals surface area contributed by atoms with Gasteiger partial charge in [-0.2, -0.15) is 5.06 Å². The first kappa shape index (κ1) is 16.2. The summed E-state index contributed by atoms with van der Waals surface area (Å²) >= 11 is 2.02. The van der Waals surface area contributed by atoms with Gasteiger partial charge in [0.25, 0.3) is 0 Å². The van der Waals surface area contributed by atoms with Gasteiger partial charge in [-0.05, 0) is 32.8 Å². The average Bonchev–Trinajstić information content (AvgIpc) is 3.08. The summed E-state index contributed by atoms with van der Waals surface area (Å²) in [5.74, 6) is 1.70. The standard InChI is InChI=1S/C21H28N2OS/c1-21(2)16-13-25-20-18(15-11-7-8-12-17(15)22(20)3)19(16)23(24-21)14-9-5-4-6-10-14/h7-8,11-12,14,16,19H,4-6,9-10,13H2,1-3H3/t16-,19+/m1/s1. The van der Waals surface area contributed by atoms with Gasteiger partial charge >= 0.3 is 0 Å². The molecule has 0 spiro atoms. The van der Waals surface area contributed by atoms with Crippen LogP contribution >= 0.6 is 11.8 Å². The zero-order chi connectivity index (χ0) is 17.2. The first-order valence-electron chi connectivity index (χ1n) is 9.75. The first-order chi connectivity index (χ1) is 12.1. The van der Waals surface area contributed by atoms with Gasteiger partial charge in [0.15, 0.2) is 0 Å². The molecule has 4 heteroatoms. The fourth-order valence-corrected chi connectivity index (χ4v) is 6.84. The number of aryl methyl sites for hydroxylation is 1. The number of fused-ring (bicyclic) bond motifs is 5. The van der Waals surface area contributed by atoms with E-state index in [0.29, 0.717) is 18.0 Å². The van der Waals surface area contributed by atoms with E-state index in [1.165, 1.54) is 53.6 Å². The highest BCUT2D eigenvalue weighted by Crippen LogP contribution is 2.56. The number of benzene rings is 1.